The van der Waals surface area contributed by atoms with Gasteiger partial charge in [-0.15, -0.1) is 0 Å². The van der Waals surface area contributed by atoms with Crippen LogP contribution in [0.3, 0.4) is 0 Å². The molecule has 2 aromatic carbocycles. The Labute approximate surface area is 199 Å². The van der Waals surface area contributed by atoms with Crippen LogP contribution < -0.4 is 15.5 Å². The van der Waals surface area contributed by atoms with E-state index in [-0.39, 0.29) is 24.9 Å². The molecule has 7 heteroatoms. The van der Waals surface area contributed by atoms with E-state index < -0.39 is 0 Å². The largest absolute Gasteiger partial charge is 0.459 e. The zero-order valence-corrected chi connectivity index (χ0v) is 19.6. The van der Waals surface area contributed by atoms with Crippen LogP contribution in [-0.2, 0) is 9.53 Å². The molecule has 34 heavy (non-hydrogen) atoms. The van der Waals surface area contributed by atoms with E-state index in [2.05, 4.69) is 28.5 Å². The molecule has 2 aromatic rings. The molecule has 1 unspecified atom stereocenters. The zero-order valence-electron chi connectivity index (χ0n) is 19.6. The molecule has 0 aliphatic carbocycles. The lowest BCUT2D eigenvalue weighted by molar-refractivity contribution is -0.120. The first-order chi connectivity index (χ1) is 16.5. The van der Waals surface area contributed by atoms with Gasteiger partial charge in [0.15, 0.2) is 0 Å². The number of nitrogens with zero attached hydrogens (tertiary/aromatic N) is 2. The third-order valence-corrected chi connectivity index (χ3v) is 5.42. The lowest BCUT2D eigenvalue weighted by Gasteiger charge is -2.18. The van der Waals surface area contributed by atoms with Crippen LogP contribution in [0.2, 0.25) is 0 Å². The van der Waals surface area contributed by atoms with Gasteiger partial charge in [-0.05, 0) is 43.2 Å². The second-order valence-electron chi connectivity index (χ2n) is 7.83. The Hall–Kier alpha value is -4.15. The van der Waals surface area contributed by atoms with Crippen LogP contribution in [-0.4, -0.2) is 25.5 Å². The van der Waals surface area contributed by atoms with E-state index in [1.165, 1.54) is 0 Å². The lowest BCUT2D eigenvalue weighted by Crippen LogP contribution is -2.30. The summed E-state index contributed by atoms with van der Waals surface area (Å²) in [6.07, 6.45) is 7.47. The predicted molar refractivity (Wildman–Crippen MR) is 134 cm³/mol. The highest BCUT2D eigenvalue weighted by atomic mass is 16.5. The number of carbonyl (C=O) groups is 1. The van der Waals surface area contributed by atoms with Crippen LogP contribution in [0.4, 0.5) is 0 Å². The lowest BCUT2D eigenvalue weighted by atomic mass is 9.88. The van der Waals surface area contributed by atoms with Crippen LogP contribution >= 0.6 is 0 Å². The summed E-state index contributed by atoms with van der Waals surface area (Å²) in [6.45, 7) is 7.85. The second kappa shape index (κ2) is 11.6. The molecule has 1 aliphatic heterocycles. The van der Waals surface area contributed by atoms with Gasteiger partial charge in [-0.2, -0.15) is 10.4 Å². The molecule has 1 heterocycles. The molecule has 0 radical (unpaired) electrons. The van der Waals surface area contributed by atoms with Crippen LogP contribution in [0, 0.1) is 17.2 Å². The fourth-order valence-corrected chi connectivity index (χ4v) is 3.71. The van der Waals surface area contributed by atoms with Crippen molar-refractivity contribution in [3.05, 3.63) is 89.9 Å². The summed E-state index contributed by atoms with van der Waals surface area (Å²) >= 11 is 0. The minimum absolute atomic E-state index is 0.128. The molecule has 0 aromatic heterocycles. The average molecular weight is 457 g/mol. The Morgan fingerprint density at radius 3 is 2.71 bits per heavy atom. The minimum atomic E-state index is -0.193. The quantitative estimate of drug-likeness (QED) is 0.465. The molecule has 0 fully saturated rings. The Morgan fingerprint density at radius 1 is 1.24 bits per heavy atom. The molecule has 0 saturated carbocycles. The maximum absolute atomic E-state index is 12.4. The van der Waals surface area contributed by atoms with Crippen LogP contribution in [0.15, 0.2) is 89.4 Å². The van der Waals surface area contributed by atoms with Crippen molar-refractivity contribution in [2.75, 3.05) is 13.7 Å². The number of fused-ring (bicyclic) bond motifs is 1. The van der Waals surface area contributed by atoms with Gasteiger partial charge in [-0.3, -0.25) is 10.2 Å². The summed E-state index contributed by atoms with van der Waals surface area (Å²) in [4.78, 5) is 12.4. The van der Waals surface area contributed by atoms with Gasteiger partial charge in [0.2, 0.25) is 5.91 Å². The Balaban J connectivity index is 1.94. The van der Waals surface area contributed by atoms with Crippen molar-refractivity contribution in [1.82, 2.24) is 10.7 Å². The van der Waals surface area contributed by atoms with Crippen molar-refractivity contribution in [3.8, 4) is 11.8 Å². The first kappa shape index (κ1) is 24.5. The van der Waals surface area contributed by atoms with E-state index in [0.717, 1.165) is 21.9 Å². The summed E-state index contributed by atoms with van der Waals surface area (Å²) in [5.74, 6) is 1.38. The van der Waals surface area contributed by atoms with Gasteiger partial charge in [0.25, 0.3) is 0 Å². The van der Waals surface area contributed by atoms with Gasteiger partial charge in [-0.25, -0.2) is 0 Å². The number of benzene rings is 2. The SMILES string of the molecule is C=C/C(=C\C=C(/COC)Oc1ccc(C#N)c2ccccc12)C1CC(=O)N/C(C)=N/NC=C1C. The fraction of sp³-hybridized carbons (Fsp3) is 0.222. The Bertz CT molecular complexity index is 1250. The van der Waals surface area contributed by atoms with Crippen molar-refractivity contribution in [1.29, 1.82) is 5.26 Å². The molecule has 1 atom stereocenters. The van der Waals surface area contributed by atoms with Gasteiger partial charge >= 0.3 is 0 Å². The molecule has 0 bridgehead atoms. The first-order valence-electron chi connectivity index (χ1n) is 10.8. The summed E-state index contributed by atoms with van der Waals surface area (Å²) in [6, 6.07) is 13.4. The van der Waals surface area contributed by atoms with E-state index in [1.54, 1.807) is 38.4 Å². The highest BCUT2D eigenvalue weighted by Crippen LogP contribution is 2.30. The summed E-state index contributed by atoms with van der Waals surface area (Å²) in [5, 5.41) is 17.9. The van der Waals surface area contributed by atoms with E-state index >= 15 is 0 Å². The number of nitrogens with one attached hydrogen (secondary N) is 2. The van der Waals surface area contributed by atoms with Crippen LogP contribution in [0.5, 0.6) is 5.75 Å². The van der Waals surface area contributed by atoms with Gasteiger partial charge in [0.1, 0.15) is 24.0 Å². The monoisotopic (exact) mass is 456 g/mol. The number of methoxy groups -OCH3 is 1. The highest BCUT2D eigenvalue weighted by Gasteiger charge is 2.20. The van der Waals surface area contributed by atoms with Crippen molar-refractivity contribution in [2.45, 2.75) is 20.3 Å². The number of ether oxygens (including phenoxy) is 2. The van der Waals surface area contributed by atoms with Gasteiger partial charge in [0.05, 0.1) is 11.6 Å². The second-order valence-corrected chi connectivity index (χ2v) is 7.83. The molecule has 0 spiro atoms. The number of hydrazone groups is 1. The fourth-order valence-electron chi connectivity index (χ4n) is 3.71. The number of amidine groups is 1. The highest BCUT2D eigenvalue weighted by molar-refractivity contribution is 5.97. The number of carbonyl (C=O) groups excluding carboxylic acids is 1. The number of nitriles is 1. The molecule has 174 valence electrons. The molecule has 2 N–H and O–H groups in total. The number of hydrogen-bond donors (Lipinski definition) is 2. The van der Waals surface area contributed by atoms with Gasteiger partial charge < -0.3 is 14.8 Å². The molecule has 0 saturated heterocycles. The average Bonchev–Trinajstić information content (AvgIpc) is 2.89. The maximum Gasteiger partial charge on any atom is 0.226 e. The zero-order chi connectivity index (χ0) is 24.5. The van der Waals surface area contributed by atoms with Gasteiger partial charge in [-0.1, -0.05) is 43.0 Å². The number of allylic oxidation sites excluding steroid dienone is 5. The Kier molecular flexibility index (Phi) is 8.38. The van der Waals surface area contributed by atoms with Crippen molar-refractivity contribution in [2.24, 2.45) is 11.0 Å². The Morgan fingerprint density at radius 2 is 2.00 bits per heavy atom. The summed E-state index contributed by atoms with van der Waals surface area (Å²) in [5.41, 5.74) is 5.25. The smallest absolute Gasteiger partial charge is 0.226 e. The molecular weight excluding hydrogens is 428 g/mol. The standard InChI is InChI=1S/C27H28N4O3/c1-5-20(25-14-27(32)30-19(3)31-29-16-18(25)2)10-12-22(17-33-4)34-26-13-11-21(15-28)23-8-6-7-9-24(23)26/h5-13,16,25,29H,1,14,17H2,2-4H3,(H,30,31,32)/b18-16?,20-10+,22-12+. The number of hydrogen-bond acceptors (Lipinski definition) is 6. The normalized spacial score (nSPS) is 18.8. The van der Waals surface area contributed by atoms with Crippen molar-refractivity contribution >= 4 is 22.5 Å². The third kappa shape index (κ3) is 6.00. The topological polar surface area (TPSA) is 95.7 Å². The third-order valence-electron chi connectivity index (χ3n) is 5.42. The van der Waals surface area contributed by atoms with E-state index in [0.29, 0.717) is 22.9 Å². The van der Waals surface area contributed by atoms with Gasteiger partial charge in [0, 0.05) is 36.4 Å². The van der Waals surface area contributed by atoms with E-state index in [1.807, 2.05) is 43.3 Å². The molecular formula is C27H28N4O3. The summed E-state index contributed by atoms with van der Waals surface area (Å²) < 4.78 is 11.5. The van der Waals surface area contributed by atoms with E-state index in [9.17, 15) is 10.1 Å². The maximum atomic E-state index is 12.4. The van der Waals surface area contributed by atoms with E-state index in [4.69, 9.17) is 9.47 Å². The molecule has 3 rings (SSSR count). The number of amides is 1. The predicted octanol–water partition coefficient (Wildman–Crippen LogP) is 4.70. The molecule has 1 aliphatic rings. The van der Waals surface area contributed by atoms with Crippen LogP contribution in [0.1, 0.15) is 25.8 Å². The number of rotatable bonds is 7. The van der Waals surface area contributed by atoms with Crippen molar-refractivity contribution < 1.29 is 14.3 Å². The molecule has 7 nitrogen and oxygen atoms in total. The molecule has 1 amide bonds. The summed E-state index contributed by atoms with van der Waals surface area (Å²) in [7, 11) is 1.59. The van der Waals surface area contributed by atoms with Crippen molar-refractivity contribution in [3.63, 3.8) is 0 Å². The first-order valence-corrected chi connectivity index (χ1v) is 10.8. The van der Waals surface area contributed by atoms with Crippen LogP contribution in [0.25, 0.3) is 10.8 Å². The minimum Gasteiger partial charge on any atom is -0.459 e.